The van der Waals surface area contributed by atoms with E-state index in [0.717, 1.165) is 12.0 Å². The highest BCUT2D eigenvalue weighted by Gasteiger charge is 2.36. The SMILES string of the molecule is COCO[C@H](COCc1ccccc1)[C@@H](C)/C=C/C=C/C(=O)CCCO[Si](C)(C)C(C)(C)C. The van der Waals surface area contributed by atoms with Crippen LogP contribution in [0.15, 0.2) is 54.6 Å². The van der Waals surface area contributed by atoms with Gasteiger partial charge in [-0.25, -0.2) is 0 Å². The molecule has 0 aliphatic rings. The lowest BCUT2D eigenvalue weighted by molar-refractivity contribution is -0.114. The number of benzene rings is 1. The largest absolute Gasteiger partial charge is 0.417 e. The summed E-state index contributed by atoms with van der Waals surface area (Å²) >= 11 is 0. The van der Waals surface area contributed by atoms with Crippen molar-refractivity contribution < 1.29 is 23.4 Å². The third-order valence-electron chi connectivity index (χ3n) is 6.02. The first-order valence-corrected chi connectivity index (χ1v) is 14.7. The van der Waals surface area contributed by atoms with E-state index in [2.05, 4.69) is 40.8 Å². The molecule has 0 radical (unpaired) electrons. The fourth-order valence-electron chi connectivity index (χ4n) is 2.77. The third kappa shape index (κ3) is 12.5. The van der Waals surface area contributed by atoms with Crippen LogP contribution in [0, 0.1) is 5.92 Å². The number of ether oxygens (including phenoxy) is 3. The van der Waals surface area contributed by atoms with Gasteiger partial charge in [-0.05, 0) is 36.2 Å². The molecule has 0 fully saturated rings. The van der Waals surface area contributed by atoms with Crippen LogP contribution in [0.25, 0.3) is 0 Å². The second-order valence-electron chi connectivity index (χ2n) is 9.89. The minimum Gasteiger partial charge on any atom is -0.417 e. The van der Waals surface area contributed by atoms with Gasteiger partial charge in [0.1, 0.15) is 6.79 Å². The maximum atomic E-state index is 12.1. The zero-order chi connectivity index (χ0) is 24.7. The van der Waals surface area contributed by atoms with Gasteiger partial charge in [0.2, 0.25) is 0 Å². The van der Waals surface area contributed by atoms with Crippen LogP contribution in [0.5, 0.6) is 0 Å². The summed E-state index contributed by atoms with van der Waals surface area (Å²) in [5, 5.41) is 0.190. The van der Waals surface area contributed by atoms with Gasteiger partial charge in [-0.2, -0.15) is 0 Å². The van der Waals surface area contributed by atoms with Crippen molar-refractivity contribution in [2.75, 3.05) is 27.1 Å². The Bertz CT molecular complexity index is 722. The smallest absolute Gasteiger partial charge is 0.191 e. The summed E-state index contributed by atoms with van der Waals surface area (Å²) in [6.45, 7) is 15.1. The molecule has 0 saturated carbocycles. The van der Waals surface area contributed by atoms with Crippen LogP contribution in [0.1, 0.15) is 46.1 Å². The first-order valence-electron chi connectivity index (χ1n) is 11.8. The molecule has 186 valence electrons. The van der Waals surface area contributed by atoms with Crippen LogP contribution < -0.4 is 0 Å². The summed E-state index contributed by atoms with van der Waals surface area (Å²) in [6, 6.07) is 10.1. The Hall–Kier alpha value is -1.57. The molecule has 0 aliphatic carbocycles. The molecular formula is C27H44O5Si. The van der Waals surface area contributed by atoms with Gasteiger partial charge in [-0.1, -0.05) is 76.3 Å². The summed E-state index contributed by atoms with van der Waals surface area (Å²) in [6.07, 6.45) is 8.47. The van der Waals surface area contributed by atoms with Crippen molar-refractivity contribution in [2.24, 2.45) is 5.92 Å². The first kappa shape index (κ1) is 29.5. The van der Waals surface area contributed by atoms with Gasteiger partial charge in [0.15, 0.2) is 14.1 Å². The van der Waals surface area contributed by atoms with Crippen molar-refractivity contribution >= 4 is 14.1 Å². The average molecular weight is 477 g/mol. The monoisotopic (exact) mass is 476 g/mol. The number of hydrogen-bond donors (Lipinski definition) is 0. The molecule has 0 unspecified atom stereocenters. The van der Waals surface area contributed by atoms with E-state index in [1.807, 2.05) is 42.5 Å². The van der Waals surface area contributed by atoms with E-state index in [4.69, 9.17) is 18.6 Å². The minimum atomic E-state index is -1.74. The van der Waals surface area contributed by atoms with Crippen molar-refractivity contribution in [1.82, 2.24) is 0 Å². The Morgan fingerprint density at radius 1 is 1.12 bits per heavy atom. The van der Waals surface area contributed by atoms with E-state index in [0.29, 0.717) is 26.2 Å². The van der Waals surface area contributed by atoms with Crippen molar-refractivity contribution in [3.05, 3.63) is 60.2 Å². The van der Waals surface area contributed by atoms with Gasteiger partial charge in [0.05, 0.1) is 19.3 Å². The summed E-state index contributed by atoms with van der Waals surface area (Å²) in [4.78, 5) is 12.1. The molecule has 0 heterocycles. The molecule has 0 aliphatic heterocycles. The van der Waals surface area contributed by atoms with Crippen molar-refractivity contribution in [1.29, 1.82) is 0 Å². The van der Waals surface area contributed by atoms with Gasteiger partial charge >= 0.3 is 0 Å². The van der Waals surface area contributed by atoms with Crippen LogP contribution in [0.4, 0.5) is 0 Å². The highest BCUT2D eigenvalue weighted by Crippen LogP contribution is 2.36. The molecule has 0 spiro atoms. The number of allylic oxidation sites excluding steroid dienone is 3. The molecule has 6 heteroatoms. The van der Waals surface area contributed by atoms with E-state index in [-0.39, 0.29) is 29.6 Å². The molecule has 2 atom stereocenters. The maximum absolute atomic E-state index is 12.1. The van der Waals surface area contributed by atoms with Crippen molar-refractivity contribution in [2.45, 2.75) is 71.4 Å². The predicted octanol–water partition coefficient (Wildman–Crippen LogP) is 6.31. The van der Waals surface area contributed by atoms with E-state index in [9.17, 15) is 4.79 Å². The third-order valence-corrected chi connectivity index (χ3v) is 10.6. The highest BCUT2D eigenvalue weighted by molar-refractivity contribution is 6.74. The van der Waals surface area contributed by atoms with Crippen LogP contribution in [0.3, 0.4) is 0 Å². The number of hydrogen-bond acceptors (Lipinski definition) is 5. The van der Waals surface area contributed by atoms with Crippen LogP contribution in [-0.4, -0.2) is 47.3 Å². The van der Waals surface area contributed by atoms with Crippen molar-refractivity contribution in [3.8, 4) is 0 Å². The lowest BCUT2D eigenvalue weighted by atomic mass is 10.0. The zero-order valence-electron chi connectivity index (χ0n) is 21.6. The quantitative estimate of drug-likeness (QED) is 0.0920. The molecule has 1 aromatic rings. The minimum absolute atomic E-state index is 0.105. The van der Waals surface area contributed by atoms with Crippen LogP contribution in [-0.2, 0) is 30.0 Å². The average Bonchev–Trinajstić information content (AvgIpc) is 2.76. The van der Waals surface area contributed by atoms with Gasteiger partial charge in [-0.3, -0.25) is 4.79 Å². The van der Waals surface area contributed by atoms with E-state index in [1.165, 1.54) is 0 Å². The lowest BCUT2D eigenvalue weighted by Crippen LogP contribution is -2.41. The summed E-state index contributed by atoms with van der Waals surface area (Å²) in [5.41, 5.74) is 1.13. The number of carbonyl (C=O) groups excluding carboxylic acids is 1. The van der Waals surface area contributed by atoms with E-state index in [1.54, 1.807) is 19.3 Å². The Balaban J connectivity index is 2.40. The molecule has 33 heavy (non-hydrogen) atoms. The summed E-state index contributed by atoms with van der Waals surface area (Å²) in [7, 11) is -0.137. The molecular weight excluding hydrogens is 432 g/mol. The number of methoxy groups -OCH3 is 1. The number of ketones is 1. The van der Waals surface area contributed by atoms with Gasteiger partial charge in [0, 0.05) is 26.1 Å². The topological polar surface area (TPSA) is 54.0 Å². The molecule has 1 aromatic carbocycles. The summed E-state index contributed by atoms with van der Waals surface area (Å²) < 4.78 is 22.8. The second kappa shape index (κ2) is 15.4. The molecule has 0 amide bonds. The Kier molecular flexibility index (Phi) is 13.7. The van der Waals surface area contributed by atoms with Crippen LogP contribution >= 0.6 is 0 Å². The highest BCUT2D eigenvalue weighted by atomic mass is 28.4. The van der Waals surface area contributed by atoms with Gasteiger partial charge in [0.25, 0.3) is 0 Å². The fourth-order valence-corrected chi connectivity index (χ4v) is 3.86. The number of rotatable bonds is 16. The second-order valence-corrected chi connectivity index (χ2v) is 14.7. The Labute approximate surface area is 202 Å². The first-order chi connectivity index (χ1) is 15.6. The molecule has 0 saturated heterocycles. The normalized spacial score (nSPS) is 14.8. The molecule has 0 aromatic heterocycles. The van der Waals surface area contributed by atoms with Crippen LogP contribution in [0.2, 0.25) is 18.1 Å². The van der Waals surface area contributed by atoms with E-state index >= 15 is 0 Å². The Morgan fingerprint density at radius 2 is 1.82 bits per heavy atom. The van der Waals surface area contributed by atoms with E-state index < -0.39 is 8.32 Å². The molecule has 5 nitrogen and oxygen atoms in total. The molecule has 0 bridgehead atoms. The summed E-state index contributed by atoms with van der Waals surface area (Å²) in [5.74, 6) is 0.221. The molecule has 1 rings (SSSR count). The number of carbonyl (C=O) groups is 1. The maximum Gasteiger partial charge on any atom is 0.191 e. The molecule has 0 N–H and O–H groups in total. The Morgan fingerprint density at radius 3 is 2.45 bits per heavy atom. The standard InChI is InChI=1S/C27H44O5Si/c1-23(26(31-22-29-5)21-30-20-24-15-9-8-10-16-24)14-11-12-17-25(28)18-13-19-32-33(6,7)27(2,3)4/h8-12,14-17,23,26H,13,18-22H2,1-7H3/b14-11+,17-12+/t23-,26+/m0/s1. The van der Waals surface area contributed by atoms with Crippen molar-refractivity contribution in [3.63, 3.8) is 0 Å². The fraction of sp³-hybridized carbons (Fsp3) is 0.593. The lowest BCUT2D eigenvalue weighted by Gasteiger charge is -2.36. The predicted molar refractivity (Wildman–Crippen MR) is 138 cm³/mol. The zero-order valence-corrected chi connectivity index (χ0v) is 22.6. The van der Waals surface area contributed by atoms with Gasteiger partial charge in [-0.15, -0.1) is 0 Å². The van der Waals surface area contributed by atoms with Gasteiger partial charge < -0.3 is 18.6 Å².